The molecule has 0 spiro atoms. The van der Waals surface area contributed by atoms with E-state index in [9.17, 15) is 8.42 Å². The van der Waals surface area contributed by atoms with Gasteiger partial charge in [0.15, 0.2) is 9.84 Å². The van der Waals surface area contributed by atoms with Crippen LogP contribution in [0.4, 0.5) is 0 Å². The van der Waals surface area contributed by atoms with Gasteiger partial charge in [-0.25, -0.2) is 13.4 Å². The Labute approximate surface area is 148 Å². The van der Waals surface area contributed by atoms with Crippen molar-refractivity contribution in [3.63, 3.8) is 0 Å². The summed E-state index contributed by atoms with van der Waals surface area (Å²) in [5, 5.41) is 7.82. The van der Waals surface area contributed by atoms with Crippen LogP contribution < -0.4 is 0 Å². The quantitative estimate of drug-likeness (QED) is 0.726. The number of aromatic nitrogens is 3. The molecule has 1 saturated carbocycles. The number of halogens is 1. The van der Waals surface area contributed by atoms with Crippen LogP contribution >= 0.6 is 27.7 Å². The van der Waals surface area contributed by atoms with Gasteiger partial charge in [0.1, 0.15) is 5.82 Å². The number of aromatic amines is 1. The number of sulfone groups is 1. The fourth-order valence-corrected chi connectivity index (χ4v) is 5.42. The highest BCUT2D eigenvalue weighted by atomic mass is 79.9. The van der Waals surface area contributed by atoms with Crippen LogP contribution in [0.3, 0.4) is 0 Å². The lowest BCUT2D eigenvalue weighted by molar-refractivity contribution is 0.597. The second kappa shape index (κ2) is 7.36. The van der Waals surface area contributed by atoms with E-state index >= 15 is 0 Å². The van der Waals surface area contributed by atoms with Crippen LogP contribution in [0, 0.1) is 0 Å². The lowest BCUT2D eigenvalue weighted by atomic mass is 10.1. The van der Waals surface area contributed by atoms with E-state index in [4.69, 9.17) is 0 Å². The zero-order chi connectivity index (χ0) is 16.3. The maximum absolute atomic E-state index is 12.3. The van der Waals surface area contributed by atoms with E-state index in [0.717, 1.165) is 23.1 Å². The van der Waals surface area contributed by atoms with Crippen LogP contribution in [0.15, 0.2) is 38.8 Å². The Morgan fingerprint density at radius 2 is 1.91 bits per heavy atom. The van der Waals surface area contributed by atoms with Crippen LogP contribution in [0.5, 0.6) is 0 Å². The molecule has 5 nitrogen and oxygen atoms in total. The number of nitrogens with one attached hydrogen (secondary N) is 1. The Morgan fingerprint density at radius 1 is 1.22 bits per heavy atom. The zero-order valence-electron chi connectivity index (χ0n) is 12.5. The van der Waals surface area contributed by atoms with Gasteiger partial charge >= 0.3 is 0 Å². The fourth-order valence-electron chi connectivity index (χ4n) is 2.71. The molecule has 1 aliphatic rings. The topological polar surface area (TPSA) is 75.7 Å². The number of hydrogen-bond donors (Lipinski definition) is 1. The minimum atomic E-state index is -3.26. The normalized spacial score (nSPS) is 16.0. The van der Waals surface area contributed by atoms with Gasteiger partial charge in [-0.1, -0.05) is 40.5 Å². The van der Waals surface area contributed by atoms with Gasteiger partial charge in [0.25, 0.3) is 0 Å². The highest BCUT2D eigenvalue weighted by Crippen LogP contribution is 2.32. The molecular weight excluding hydrogens is 398 g/mol. The van der Waals surface area contributed by atoms with Crippen LogP contribution in [-0.2, 0) is 9.84 Å². The first kappa shape index (κ1) is 17.0. The first-order valence-electron chi connectivity index (χ1n) is 7.58. The van der Waals surface area contributed by atoms with Crippen molar-refractivity contribution in [1.29, 1.82) is 0 Å². The van der Waals surface area contributed by atoms with E-state index in [-0.39, 0.29) is 5.75 Å². The fraction of sp³-hybridized carbons (Fsp3) is 0.467. The van der Waals surface area contributed by atoms with Crippen molar-refractivity contribution in [3.05, 3.63) is 34.6 Å². The number of H-pyrrole nitrogens is 1. The highest BCUT2D eigenvalue weighted by Gasteiger charge is 2.21. The number of rotatable bonds is 6. The molecule has 0 atom stereocenters. The van der Waals surface area contributed by atoms with Crippen molar-refractivity contribution < 1.29 is 8.42 Å². The Balaban J connectivity index is 1.55. The average Bonchev–Trinajstić information content (AvgIpc) is 3.18. The molecule has 23 heavy (non-hydrogen) atoms. The molecule has 0 amide bonds. The molecule has 0 unspecified atom stereocenters. The summed E-state index contributed by atoms with van der Waals surface area (Å²) in [6.07, 6.45) is 4.83. The first-order valence-corrected chi connectivity index (χ1v) is 11.0. The van der Waals surface area contributed by atoms with Gasteiger partial charge in [0.05, 0.1) is 10.6 Å². The molecule has 1 heterocycles. The minimum absolute atomic E-state index is 0.0760. The average molecular weight is 416 g/mol. The molecular formula is C15H18BrN3O2S2. The largest absolute Gasteiger partial charge is 0.262 e. The summed E-state index contributed by atoms with van der Waals surface area (Å²) >= 11 is 4.69. The second-order valence-electron chi connectivity index (χ2n) is 5.61. The lowest BCUT2D eigenvalue weighted by Crippen LogP contribution is -2.08. The third kappa shape index (κ3) is 4.36. The summed E-state index contributed by atoms with van der Waals surface area (Å²) in [5.41, 5.74) is 0. The van der Waals surface area contributed by atoms with E-state index in [0.29, 0.717) is 21.7 Å². The summed E-state index contributed by atoms with van der Waals surface area (Å²) < 4.78 is 25.4. The third-order valence-corrected chi connectivity index (χ3v) is 7.35. The van der Waals surface area contributed by atoms with E-state index in [1.807, 2.05) is 0 Å². The molecule has 124 valence electrons. The third-order valence-electron chi connectivity index (χ3n) is 3.98. The van der Waals surface area contributed by atoms with E-state index in [1.165, 1.54) is 24.6 Å². The number of thioether (sulfide) groups is 1. The molecule has 1 N–H and O–H groups in total. The lowest BCUT2D eigenvalue weighted by Gasteiger charge is -2.03. The van der Waals surface area contributed by atoms with Crippen molar-refractivity contribution in [2.45, 2.75) is 41.7 Å². The molecule has 1 aromatic heterocycles. The predicted molar refractivity (Wildman–Crippen MR) is 94.5 cm³/mol. The minimum Gasteiger partial charge on any atom is -0.262 e. The van der Waals surface area contributed by atoms with Gasteiger partial charge in [-0.2, -0.15) is 0 Å². The van der Waals surface area contributed by atoms with Crippen LogP contribution in [-0.4, -0.2) is 35.1 Å². The summed E-state index contributed by atoms with van der Waals surface area (Å²) in [6, 6.07) is 6.72. The van der Waals surface area contributed by atoms with E-state index in [1.54, 1.807) is 24.3 Å². The van der Waals surface area contributed by atoms with Crippen molar-refractivity contribution >= 4 is 37.5 Å². The van der Waals surface area contributed by atoms with E-state index in [2.05, 4.69) is 31.1 Å². The molecule has 0 saturated heterocycles. The van der Waals surface area contributed by atoms with Gasteiger partial charge in [-0.3, -0.25) is 5.10 Å². The molecule has 2 aromatic rings. The monoisotopic (exact) mass is 415 g/mol. The van der Waals surface area contributed by atoms with Crippen LogP contribution in [0.1, 0.15) is 37.4 Å². The van der Waals surface area contributed by atoms with Crippen molar-refractivity contribution in [2.24, 2.45) is 0 Å². The Morgan fingerprint density at radius 3 is 2.61 bits per heavy atom. The molecule has 0 bridgehead atoms. The molecule has 1 aliphatic carbocycles. The van der Waals surface area contributed by atoms with Crippen molar-refractivity contribution in [2.75, 3.05) is 11.5 Å². The van der Waals surface area contributed by atoms with Crippen LogP contribution in [0.2, 0.25) is 0 Å². The zero-order valence-corrected chi connectivity index (χ0v) is 15.8. The summed E-state index contributed by atoms with van der Waals surface area (Å²) in [5.74, 6) is 1.96. The molecule has 3 rings (SSSR count). The second-order valence-corrected chi connectivity index (χ2v) is 9.69. The van der Waals surface area contributed by atoms with Crippen LogP contribution in [0.25, 0.3) is 0 Å². The maximum Gasteiger partial charge on any atom is 0.208 e. The molecule has 1 fully saturated rings. The summed E-state index contributed by atoms with van der Waals surface area (Å²) in [4.78, 5) is 4.84. The van der Waals surface area contributed by atoms with Crippen molar-refractivity contribution in [1.82, 2.24) is 15.2 Å². The summed E-state index contributed by atoms with van der Waals surface area (Å²) in [6.45, 7) is 0. The highest BCUT2D eigenvalue weighted by molar-refractivity contribution is 9.10. The Kier molecular flexibility index (Phi) is 5.43. The Bertz CT molecular complexity index is 753. The molecule has 0 aliphatic heterocycles. The van der Waals surface area contributed by atoms with Gasteiger partial charge in [0.2, 0.25) is 5.16 Å². The standard InChI is InChI=1S/C15H18BrN3O2S2/c16-12-5-7-13(8-6-12)23(20,21)10-9-22-15-17-14(18-19-15)11-3-1-2-4-11/h5-8,11H,1-4,9-10H2,(H,17,18,19). The Hall–Kier alpha value is -0.860. The number of hydrogen-bond acceptors (Lipinski definition) is 5. The number of benzene rings is 1. The summed E-state index contributed by atoms with van der Waals surface area (Å²) in [7, 11) is -3.26. The predicted octanol–water partition coefficient (Wildman–Crippen LogP) is 3.79. The van der Waals surface area contributed by atoms with E-state index < -0.39 is 9.84 Å². The molecule has 0 radical (unpaired) electrons. The van der Waals surface area contributed by atoms with Crippen molar-refractivity contribution in [3.8, 4) is 0 Å². The van der Waals surface area contributed by atoms with Gasteiger partial charge in [-0.15, -0.1) is 5.10 Å². The molecule has 8 heteroatoms. The number of nitrogens with zero attached hydrogens (tertiary/aromatic N) is 2. The van der Waals surface area contributed by atoms with Gasteiger partial charge in [0, 0.05) is 16.1 Å². The SMILES string of the molecule is O=S(=O)(CCSc1n[nH]c(C2CCCC2)n1)c1ccc(Br)cc1. The maximum atomic E-state index is 12.3. The molecule has 1 aromatic carbocycles. The first-order chi connectivity index (χ1) is 11.0. The van der Waals surface area contributed by atoms with Gasteiger partial charge in [-0.05, 0) is 37.1 Å². The smallest absolute Gasteiger partial charge is 0.208 e. The van der Waals surface area contributed by atoms with Gasteiger partial charge < -0.3 is 0 Å².